The van der Waals surface area contributed by atoms with E-state index in [1.807, 2.05) is 0 Å². The number of hydrogen-bond acceptors (Lipinski definition) is 9. The Bertz CT molecular complexity index is 887. The number of rotatable bonds is 9. The van der Waals surface area contributed by atoms with E-state index in [9.17, 15) is 22.8 Å². The lowest BCUT2D eigenvalue weighted by molar-refractivity contribution is -0.164. The number of nitrogens with one attached hydrogen (secondary N) is 1. The maximum absolute atomic E-state index is 12.4. The molecule has 2 rings (SSSR count). The first-order valence-electron chi connectivity index (χ1n) is 10.2. The summed E-state index contributed by atoms with van der Waals surface area (Å²) in [4.78, 5) is 28.2. The van der Waals surface area contributed by atoms with Crippen LogP contribution in [0.5, 0.6) is 0 Å². The molecular weight excluding hydrogens is 447 g/mol. The lowest BCUT2D eigenvalue weighted by atomic mass is 9.91. The third-order valence-electron chi connectivity index (χ3n) is 4.46. The van der Waals surface area contributed by atoms with Crippen LogP contribution in [0, 0.1) is 0 Å². The van der Waals surface area contributed by atoms with Crippen LogP contribution in [0.25, 0.3) is 0 Å². The van der Waals surface area contributed by atoms with Crippen molar-refractivity contribution in [1.82, 2.24) is 10.3 Å². The summed E-state index contributed by atoms with van der Waals surface area (Å²) in [5.74, 6) is -1.03. The molecule has 1 aromatic rings. The molecule has 9 nitrogen and oxygen atoms in total. The van der Waals surface area contributed by atoms with E-state index in [1.165, 1.54) is 12.4 Å². The molecule has 0 bridgehead atoms. The highest BCUT2D eigenvalue weighted by molar-refractivity contribution is 5.65. The first-order chi connectivity index (χ1) is 15.6. The predicted octanol–water partition coefficient (Wildman–Crippen LogP) is 4.23. The molecular formula is C21H26F3N3O6. The molecule has 12 heteroatoms. The van der Waals surface area contributed by atoms with E-state index in [0.29, 0.717) is 29.9 Å². The molecule has 0 spiro atoms. The van der Waals surface area contributed by atoms with E-state index < -0.39 is 31.0 Å². The number of carbonyl (C=O) groups excluding carboxylic acids is 2. The number of carbonyl (C=O) groups is 2. The van der Waals surface area contributed by atoms with E-state index >= 15 is 0 Å². The lowest BCUT2D eigenvalue weighted by Gasteiger charge is -2.30. The van der Waals surface area contributed by atoms with Crippen molar-refractivity contribution in [3.05, 3.63) is 53.0 Å². The van der Waals surface area contributed by atoms with Crippen molar-refractivity contribution in [1.29, 1.82) is 0 Å². The molecule has 1 aliphatic rings. The molecule has 33 heavy (non-hydrogen) atoms. The van der Waals surface area contributed by atoms with Gasteiger partial charge in [0.25, 0.3) is 0 Å². The number of dihydropyridines is 1. The number of pyridine rings is 1. The fourth-order valence-corrected chi connectivity index (χ4v) is 3.03. The summed E-state index contributed by atoms with van der Waals surface area (Å²) in [5.41, 5.74) is 6.61. The van der Waals surface area contributed by atoms with Crippen LogP contribution >= 0.6 is 0 Å². The maximum atomic E-state index is 12.4. The molecule has 1 aromatic heterocycles. The van der Waals surface area contributed by atoms with Crippen molar-refractivity contribution < 1.29 is 41.7 Å². The second-order valence-electron chi connectivity index (χ2n) is 7.13. The number of hydrogen-bond donors (Lipinski definition) is 2. The number of ether oxygens (including phenoxy) is 4. The first kappa shape index (κ1) is 26.0. The summed E-state index contributed by atoms with van der Waals surface area (Å²) >= 11 is 0. The van der Waals surface area contributed by atoms with E-state index in [2.05, 4.69) is 15.0 Å². The second kappa shape index (κ2) is 12.1. The minimum absolute atomic E-state index is 0.0409. The predicted molar refractivity (Wildman–Crippen MR) is 109 cm³/mol. The van der Waals surface area contributed by atoms with Crippen molar-refractivity contribution in [2.75, 3.05) is 19.8 Å². The third kappa shape index (κ3) is 8.29. The average Bonchev–Trinajstić information content (AvgIpc) is 2.75. The molecule has 182 valence electrons. The standard InChI is InChI=1S/C21H26F3N3O6/c1-13-17(32-19(28)30-10-5-3-4-8-25)16(15-7-6-9-26-11-15)18(14(2)27-13)33-20(29)31-12-21(22,23)24/h6-7,9,11,16,27H,3-5,8,10,12,25H2,1-2H3. The van der Waals surface area contributed by atoms with Gasteiger partial charge in [0.2, 0.25) is 0 Å². The summed E-state index contributed by atoms with van der Waals surface area (Å²) in [7, 11) is 0. The number of alkyl halides is 3. The lowest BCUT2D eigenvalue weighted by Crippen LogP contribution is -2.30. The fourth-order valence-electron chi connectivity index (χ4n) is 3.03. The van der Waals surface area contributed by atoms with Crippen LogP contribution in [0.3, 0.4) is 0 Å². The van der Waals surface area contributed by atoms with Gasteiger partial charge in [-0.15, -0.1) is 0 Å². The average molecular weight is 473 g/mol. The zero-order valence-corrected chi connectivity index (χ0v) is 18.2. The topological polar surface area (TPSA) is 122 Å². The first-order valence-corrected chi connectivity index (χ1v) is 10.2. The fraction of sp³-hybridized carbons (Fsp3) is 0.476. The van der Waals surface area contributed by atoms with Crippen LogP contribution in [-0.2, 0) is 18.9 Å². The number of unbranched alkanes of at least 4 members (excludes halogenated alkanes) is 2. The SMILES string of the molecule is CC1=C(OC(=O)OCCCCCN)C(c2cccnc2)C(OC(=O)OCC(F)(F)F)=C(C)N1. The normalized spacial score (nSPS) is 16.2. The molecule has 0 radical (unpaired) electrons. The van der Waals surface area contributed by atoms with Crippen LogP contribution in [0.15, 0.2) is 47.4 Å². The molecule has 0 amide bonds. The van der Waals surface area contributed by atoms with Gasteiger partial charge in [-0.25, -0.2) is 9.59 Å². The molecule has 1 unspecified atom stereocenters. The zero-order chi connectivity index (χ0) is 24.4. The molecule has 0 saturated carbocycles. The number of halogens is 3. The van der Waals surface area contributed by atoms with Crippen molar-refractivity contribution >= 4 is 12.3 Å². The summed E-state index contributed by atoms with van der Waals surface area (Å²) in [6.45, 7) is 2.02. The molecule has 1 aliphatic heterocycles. The Morgan fingerprint density at radius 1 is 1.06 bits per heavy atom. The third-order valence-corrected chi connectivity index (χ3v) is 4.46. The van der Waals surface area contributed by atoms with E-state index in [-0.39, 0.29) is 18.1 Å². The minimum atomic E-state index is -4.71. The zero-order valence-electron chi connectivity index (χ0n) is 18.2. The molecule has 0 aliphatic carbocycles. The van der Waals surface area contributed by atoms with Gasteiger partial charge in [0.15, 0.2) is 6.61 Å². The number of nitrogens with zero attached hydrogens (tertiary/aromatic N) is 1. The molecule has 1 atom stereocenters. The Morgan fingerprint density at radius 3 is 2.24 bits per heavy atom. The highest BCUT2D eigenvalue weighted by Crippen LogP contribution is 2.39. The Morgan fingerprint density at radius 2 is 1.70 bits per heavy atom. The van der Waals surface area contributed by atoms with E-state index in [0.717, 1.165) is 12.8 Å². The molecule has 2 heterocycles. The van der Waals surface area contributed by atoms with Crippen molar-refractivity contribution in [2.24, 2.45) is 5.73 Å². The summed E-state index contributed by atoms with van der Waals surface area (Å²) < 4.78 is 56.9. The van der Waals surface area contributed by atoms with E-state index in [4.69, 9.17) is 19.9 Å². The monoisotopic (exact) mass is 473 g/mol. The van der Waals surface area contributed by atoms with Gasteiger partial charge in [0.05, 0.1) is 18.0 Å². The van der Waals surface area contributed by atoms with Gasteiger partial charge < -0.3 is 30.0 Å². The van der Waals surface area contributed by atoms with Gasteiger partial charge in [0, 0.05) is 12.4 Å². The Kier molecular flexibility index (Phi) is 9.52. The van der Waals surface area contributed by atoms with Crippen molar-refractivity contribution in [3.63, 3.8) is 0 Å². The maximum Gasteiger partial charge on any atom is 0.513 e. The molecule has 0 saturated heterocycles. The van der Waals surface area contributed by atoms with Gasteiger partial charge in [-0.05, 0) is 51.3 Å². The van der Waals surface area contributed by atoms with Gasteiger partial charge in [-0.1, -0.05) is 6.07 Å². The van der Waals surface area contributed by atoms with Crippen molar-refractivity contribution in [3.8, 4) is 0 Å². The van der Waals surface area contributed by atoms with E-state index in [1.54, 1.807) is 26.0 Å². The molecule has 0 aromatic carbocycles. The van der Waals surface area contributed by atoms with Crippen LogP contribution in [0.4, 0.5) is 22.8 Å². The van der Waals surface area contributed by atoms with Gasteiger partial charge in [-0.3, -0.25) is 4.98 Å². The highest BCUT2D eigenvalue weighted by Gasteiger charge is 2.37. The van der Waals surface area contributed by atoms with Gasteiger partial charge >= 0.3 is 18.5 Å². The van der Waals surface area contributed by atoms with Crippen LogP contribution in [0.1, 0.15) is 44.6 Å². The van der Waals surface area contributed by atoms with Crippen LogP contribution in [0.2, 0.25) is 0 Å². The summed E-state index contributed by atoms with van der Waals surface area (Å²) in [5, 5.41) is 2.88. The number of allylic oxidation sites excluding steroid dienone is 2. The Labute approximate surface area is 188 Å². The highest BCUT2D eigenvalue weighted by atomic mass is 19.4. The van der Waals surface area contributed by atoms with Crippen molar-refractivity contribution in [2.45, 2.75) is 45.2 Å². The van der Waals surface area contributed by atoms with Gasteiger partial charge in [0.1, 0.15) is 17.4 Å². The number of aromatic nitrogens is 1. The minimum Gasteiger partial charge on any atom is -0.434 e. The summed E-state index contributed by atoms with van der Waals surface area (Å²) in [6.07, 6.45) is -2.11. The summed E-state index contributed by atoms with van der Waals surface area (Å²) in [6, 6.07) is 3.24. The smallest absolute Gasteiger partial charge is 0.434 e. The largest absolute Gasteiger partial charge is 0.513 e. The quantitative estimate of drug-likeness (QED) is 0.401. The Balaban J connectivity index is 2.21. The van der Waals surface area contributed by atoms with Crippen LogP contribution < -0.4 is 11.1 Å². The second-order valence-corrected chi connectivity index (χ2v) is 7.13. The molecule has 0 fully saturated rings. The molecule has 3 N–H and O–H groups in total. The van der Waals surface area contributed by atoms with Crippen LogP contribution in [-0.4, -0.2) is 43.2 Å². The van der Waals surface area contributed by atoms with Gasteiger partial charge in [-0.2, -0.15) is 13.2 Å². The number of nitrogens with two attached hydrogens (primary N) is 1. The Hall–Kier alpha value is -3.28.